The van der Waals surface area contributed by atoms with Gasteiger partial charge in [-0.1, -0.05) is 18.2 Å². The molecule has 1 amide bonds. The van der Waals surface area contributed by atoms with Crippen molar-refractivity contribution in [2.45, 2.75) is 25.4 Å². The topological polar surface area (TPSA) is 137 Å². The third-order valence-corrected chi connectivity index (χ3v) is 10.4. The molecular formula is C31H34N8O4S. The second kappa shape index (κ2) is 11.4. The van der Waals surface area contributed by atoms with E-state index in [-0.39, 0.29) is 5.91 Å². The molecule has 2 N–H and O–H groups in total. The van der Waals surface area contributed by atoms with Gasteiger partial charge < -0.3 is 19.9 Å². The quantitative estimate of drug-likeness (QED) is 0.322. The molecule has 13 heteroatoms. The van der Waals surface area contributed by atoms with Crippen LogP contribution >= 0.6 is 0 Å². The number of pyridine rings is 1. The number of hydrogen-bond donors (Lipinski definition) is 2. The highest BCUT2D eigenvalue weighted by atomic mass is 32.2. The van der Waals surface area contributed by atoms with Crippen molar-refractivity contribution in [1.29, 1.82) is 0 Å². The van der Waals surface area contributed by atoms with Crippen LogP contribution in [0.5, 0.6) is 0 Å². The molecule has 2 saturated heterocycles. The zero-order chi connectivity index (χ0) is 30.3. The van der Waals surface area contributed by atoms with Crippen molar-refractivity contribution in [3.05, 3.63) is 77.7 Å². The van der Waals surface area contributed by atoms with Crippen LogP contribution in [0.2, 0.25) is 0 Å². The van der Waals surface area contributed by atoms with Gasteiger partial charge in [0.15, 0.2) is 0 Å². The summed E-state index contributed by atoms with van der Waals surface area (Å²) < 4.78 is 32.0. The van der Waals surface area contributed by atoms with Gasteiger partial charge in [-0.05, 0) is 54.8 Å². The van der Waals surface area contributed by atoms with E-state index in [0.29, 0.717) is 44.2 Å². The average molecular weight is 615 g/mol. The van der Waals surface area contributed by atoms with Gasteiger partial charge in [-0.15, -0.1) is 0 Å². The monoisotopic (exact) mass is 614 g/mol. The molecule has 3 aliphatic rings. The first-order valence-corrected chi connectivity index (χ1v) is 16.2. The number of morpholine rings is 1. The molecule has 2 fully saturated rings. The second-order valence-corrected chi connectivity index (χ2v) is 13.5. The summed E-state index contributed by atoms with van der Waals surface area (Å²) in [7, 11) is -3.35. The molecule has 3 aromatic heterocycles. The van der Waals surface area contributed by atoms with Crippen LogP contribution in [-0.4, -0.2) is 94.9 Å². The molecular weight excluding hydrogens is 580 g/mol. The number of hydrogen-bond acceptors (Lipinski definition) is 9. The van der Waals surface area contributed by atoms with Gasteiger partial charge in [0.1, 0.15) is 23.5 Å². The van der Waals surface area contributed by atoms with Gasteiger partial charge in [-0.25, -0.2) is 18.4 Å². The normalized spacial score (nSPS) is 22.2. The predicted octanol–water partition coefficient (Wildman–Crippen LogP) is 3.23. The maximum Gasteiger partial charge on any atom is 0.274 e. The fourth-order valence-corrected chi connectivity index (χ4v) is 7.87. The van der Waals surface area contributed by atoms with E-state index in [9.17, 15) is 13.2 Å². The fraction of sp³-hybridized carbons (Fsp3) is 0.355. The van der Waals surface area contributed by atoms with Crippen molar-refractivity contribution in [1.82, 2.24) is 29.1 Å². The summed E-state index contributed by atoms with van der Waals surface area (Å²) in [5, 5.41) is 5.20. The molecule has 0 spiro atoms. The Morgan fingerprint density at radius 2 is 1.89 bits per heavy atom. The Balaban J connectivity index is 1.00. The summed E-state index contributed by atoms with van der Waals surface area (Å²) in [5.41, 5.74) is 4.13. The van der Waals surface area contributed by atoms with Gasteiger partial charge >= 0.3 is 0 Å². The molecule has 44 heavy (non-hydrogen) atoms. The lowest BCUT2D eigenvalue weighted by molar-refractivity contribution is 0.102. The van der Waals surface area contributed by atoms with Gasteiger partial charge in [0.25, 0.3) is 5.91 Å². The van der Waals surface area contributed by atoms with Crippen molar-refractivity contribution in [2.75, 3.05) is 56.2 Å². The van der Waals surface area contributed by atoms with Gasteiger partial charge in [-0.2, -0.15) is 4.31 Å². The number of likely N-dealkylation sites (tertiary alicyclic amines) is 1. The molecule has 228 valence electrons. The van der Waals surface area contributed by atoms with Crippen molar-refractivity contribution in [3.63, 3.8) is 0 Å². The van der Waals surface area contributed by atoms with Crippen LogP contribution in [0.1, 0.15) is 29.4 Å². The second-order valence-electron chi connectivity index (χ2n) is 11.7. The smallest absolute Gasteiger partial charge is 0.274 e. The predicted molar refractivity (Wildman–Crippen MR) is 168 cm³/mol. The number of nitrogens with zero attached hydrogens (tertiary/aromatic N) is 6. The first-order valence-electron chi connectivity index (χ1n) is 14.7. The molecule has 1 atom stereocenters. The lowest BCUT2D eigenvalue weighted by Gasteiger charge is -2.33. The van der Waals surface area contributed by atoms with Crippen LogP contribution in [0.4, 0.5) is 11.5 Å². The summed E-state index contributed by atoms with van der Waals surface area (Å²) >= 11 is 0. The van der Waals surface area contributed by atoms with Crippen molar-refractivity contribution in [3.8, 4) is 11.3 Å². The molecule has 1 unspecified atom stereocenters. The number of carbonyl (C=O) groups is 1. The lowest BCUT2D eigenvalue weighted by Crippen LogP contribution is -2.48. The SMILES string of the molecule is CC1(N2CC=CS2(=O)=O)CCN(Cc2ccnc(C(=O)Nc3ccc(-c4cc5c(N6CCOCC6)ncnc5[nH]4)cc3)c2)C1. The minimum absolute atomic E-state index is 0.295. The number of benzene rings is 1. The number of aromatic amines is 1. The largest absolute Gasteiger partial charge is 0.378 e. The number of rotatable bonds is 7. The van der Waals surface area contributed by atoms with Gasteiger partial charge in [0.2, 0.25) is 10.0 Å². The first-order chi connectivity index (χ1) is 21.3. The maximum atomic E-state index is 13.1. The highest BCUT2D eigenvalue weighted by Crippen LogP contribution is 2.34. The van der Waals surface area contributed by atoms with Gasteiger partial charge in [-0.3, -0.25) is 14.7 Å². The molecule has 4 aromatic rings. The first kappa shape index (κ1) is 28.6. The molecule has 12 nitrogen and oxygen atoms in total. The van der Waals surface area contributed by atoms with E-state index in [2.05, 4.69) is 41.1 Å². The number of fused-ring (bicyclic) bond motifs is 1. The zero-order valence-corrected chi connectivity index (χ0v) is 25.3. The van der Waals surface area contributed by atoms with Crippen LogP contribution in [0.15, 0.2) is 66.5 Å². The number of anilines is 2. The fourth-order valence-electron chi connectivity index (χ4n) is 6.34. The Bertz CT molecular complexity index is 1830. The van der Waals surface area contributed by atoms with E-state index in [0.717, 1.165) is 59.7 Å². The summed E-state index contributed by atoms with van der Waals surface area (Å²) in [6.45, 7) is 7.37. The Morgan fingerprint density at radius 1 is 1.07 bits per heavy atom. The molecule has 7 rings (SSSR count). The summed E-state index contributed by atoms with van der Waals surface area (Å²) in [4.78, 5) is 34.2. The van der Waals surface area contributed by atoms with Crippen molar-refractivity contribution < 1.29 is 17.9 Å². The van der Waals surface area contributed by atoms with E-state index < -0.39 is 15.6 Å². The minimum atomic E-state index is -3.35. The summed E-state index contributed by atoms with van der Waals surface area (Å²) in [5.74, 6) is 0.603. The number of carbonyl (C=O) groups excluding carboxylic acids is 1. The third-order valence-electron chi connectivity index (χ3n) is 8.61. The van der Waals surface area contributed by atoms with Crippen LogP contribution in [-0.2, 0) is 21.3 Å². The Hall–Kier alpha value is -4.17. The van der Waals surface area contributed by atoms with E-state index in [4.69, 9.17) is 4.74 Å². The maximum absolute atomic E-state index is 13.1. The average Bonchev–Trinajstić information content (AvgIpc) is 3.74. The summed E-state index contributed by atoms with van der Waals surface area (Å²) in [6, 6.07) is 13.4. The standard InChI is InChI=1S/C31H34N8O4S/c1-31(39-10-2-16-44(39,41)42)8-11-37(20-31)19-22-7-9-32-27(17-22)30(40)35-24-5-3-23(4-6-24)26-18-25-28(36-26)33-21-34-29(25)38-12-14-43-15-13-38/h2-7,9,16-18,21H,8,10-15,19-20H2,1H3,(H,35,40)(H,33,34,36). The zero-order valence-electron chi connectivity index (χ0n) is 24.4. The molecule has 0 aliphatic carbocycles. The van der Waals surface area contributed by atoms with Crippen LogP contribution in [0.3, 0.4) is 0 Å². The Morgan fingerprint density at radius 3 is 2.66 bits per heavy atom. The Labute approximate surface area is 255 Å². The molecule has 0 saturated carbocycles. The number of sulfonamides is 1. The molecule has 0 bridgehead atoms. The highest BCUT2D eigenvalue weighted by Gasteiger charge is 2.44. The molecule has 0 radical (unpaired) electrons. The number of aromatic nitrogens is 4. The van der Waals surface area contributed by atoms with Gasteiger partial charge in [0.05, 0.1) is 18.6 Å². The Kier molecular flexibility index (Phi) is 7.41. The van der Waals surface area contributed by atoms with E-state index >= 15 is 0 Å². The lowest BCUT2D eigenvalue weighted by atomic mass is 10.0. The molecule has 6 heterocycles. The number of amides is 1. The minimum Gasteiger partial charge on any atom is -0.378 e. The number of ether oxygens (including phenoxy) is 1. The van der Waals surface area contributed by atoms with Crippen molar-refractivity contribution in [2.24, 2.45) is 0 Å². The van der Waals surface area contributed by atoms with E-state index in [1.54, 1.807) is 29.0 Å². The van der Waals surface area contributed by atoms with Gasteiger partial charge in [0, 0.05) is 67.8 Å². The molecule has 1 aromatic carbocycles. The van der Waals surface area contributed by atoms with E-state index in [1.165, 1.54) is 5.41 Å². The van der Waals surface area contributed by atoms with Crippen LogP contribution in [0, 0.1) is 0 Å². The van der Waals surface area contributed by atoms with Crippen molar-refractivity contribution >= 4 is 38.5 Å². The highest BCUT2D eigenvalue weighted by molar-refractivity contribution is 7.92. The number of nitrogens with one attached hydrogen (secondary N) is 2. The third kappa shape index (κ3) is 5.59. The van der Waals surface area contributed by atoms with Crippen LogP contribution in [0.25, 0.3) is 22.3 Å². The summed E-state index contributed by atoms with van der Waals surface area (Å²) in [6.07, 6.45) is 5.67. The number of H-pyrrole nitrogens is 1. The van der Waals surface area contributed by atoms with Crippen LogP contribution < -0.4 is 10.2 Å². The van der Waals surface area contributed by atoms with E-state index in [1.807, 2.05) is 37.3 Å². The molecule has 3 aliphatic heterocycles.